The van der Waals surface area contributed by atoms with Crippen LogP contribution in [0.2, 0.25) is 5.02 Å². The Kier molecular flexibility index (Phi) is 11.2. The van der Waals surface area contributed by atoms with Crippen LogP contribution in [0.1, 0.15) is 25.3 Å². The molecule has 0 atom stereocenters. The van der Waals surface area contributed by atoms with Gasteiger partial charge in [-0.05, 0) is 104 Å². The van der Waals surface area contributed by atoms with Crippen LogP contribution < -0.4 is 20.7 Å². The lowest BCUT2D eigenvalue weighted by molar-refractivity contribution is -0.135. The van der Waals surface area contributed by atoms with E-state index >= 15 is 0 Å². The normalized spacial score (nSPS) is 11.6. The number of nitrogens with one attached hydrogen (secondary N) is 3. The number of halogens is 1. The molecule has 1 aromatic heterocycles. The number of aromatic nitrogens is 1. The van der Waals surface area contributed by atoms with Gasteiger partial charge in [-0.15, -0.1) is 0 Å². The van der Waals surface area contributed by atoms with Crippen LogP contribution in [0.5, 0.6) is 11.5 Å². The predicted octanol–water partition coefficient (Wildman–Crippen LogP) is 9.03. The average molecular weight is 634 g/mol. The Morgan fingerprint density at radius 1 is 0.870 bits per heavy atom. The van der Waals surface area contributed by atoms with Crippen molar-refractivity contribution in [2.45, 2.75) is 19.8 Å². The van der Waals surface area contributed by atoms with Crippen molar-refractivity contribution in [3.8, 4) is 11.5 Å². The molecule has 5 aromatic rings. The van der Waals surface area contributed by atoms with Gasteiger partial charge in [-0.3, -0.25) is 9.98 Å². The van der Waals surface area contributed by atoms with Crippen molar-refractivity contribution >= 4 is 57.6 Å². The third kappa shape index (κ3) is 9.33. The van der Waals surface area contributed by atoms with Crippen molar-refractivity contribution in [1.29, 1.82) is 0 Å². The fraction of sp³-hybridized carbons (Fsp3) is 0.162. The molecule has 0 aliphatic rings. The summed E-state index contributed by atoms with van der Waals surface area (Å²) in [4.78, 5) is 20.9. The molecule has 4 aromatic carbocycles. The molecule has 0 unspecified atom stereocenters. The minimum Gasteiger partial charge on any atom is -0.466 e. The molecule has 0 saturated heterocycles. The van der Waals surface area contributed by atoms with E-state index in [0.29, 0.717) is 34.6 Å². The SMILES string of the molecule is COC(=O)/C(C)=C/c1ccc(Oc2ccc(NC(=NCCCCNc3ccnc4cc(Cl)ccc34)Nc3ccccc3)cc2)cc1. The van der Waals surface area contributed by atoms with Crippen LogP contribution in [0.4, 0.5) is 17.1 Å². The molecule has 5 rings (SSSR count). The number of anilines is 3. The highest BCUT2D eigenvalue weighted by atomic mass is 35.5. The van der Waals surface area contributed by atoms with Gasteiger partial charge in [0.15, 0.2) is 5.96 Å². The van der Waals surface area contributed by atoms with E-state index in [-0.39, 0.29) is 5.97 Å². The summed E-state index contributed by atoms with van der Waals surface area (Å²) in [6.07, 6.45) is 5.43. The molecule has 0 bridgehead atoms. The monoisotopic (exact) mass is 633 g/mol. The number of esters is 1. The highest BCUT2D eigenvalue weighted by Crippen LogP contribution is 2.25. The number of fused-ring (bicyclic) bond motifs is 1. The molecule has 0 aliphatic heterocycles. The molecule has 0 spiro atoms. The Morgan fingerprint density at radius 2 is 1.57 bits per heavy atom. The van der Waals surface area contributed by atoms with E-state index < -0.39 is 0 Å². The first-order valence-corrected chi connectivity index (χ1v) is 15.4. The Morgan fingerprint density at radius 3 is 2.28 bits per heavy atom. The topological polar surface area (TPSA) is 96.9 Å². The lowest BCUT2D eigenvalue weighted by Crippen LogP contribution is -2.22. The molecule has 9 heteroatoms. The summed E-state index contributed by atoms with van der Waals surface area (Å²) in [5.74, 6) is 1.70. The summed E-state index contributed by atoms with van der Waals surface area (Å²) in [7, 11) is 1.37. The number of carbonyl (C=O) groups is 1. The first-order chi connectivity index (χ1) is 22.5. The first-order valence-electron chi connectivity index (χ1n) is 15.0. The van der Waals surface area contributed by atoms with Crippen molar-refractivity contribution < 1.29 is 14.3 Å². The Balaban J connectivity index is 1.16. The molecule has 1 heterocycles. The number of para-hydroxylation sites is 1. The Hall–Kier alpha value is -5.34. The van der Waals surface area contributed by atoms with Crippen LogP contribution in [-0.2, 0) is 9.53 Å². The number of rotatable bonds is 12. The molecule has 8 nitrogen and oxygen atoms in total. The highest BCUT2D eigenvalue weighted by molar-refractivity contribution is 6.31. The van der Waals surface area contributed by atoms with Crippen LogP contribution in [0.3, 0.4) is 0 Å². The molecule has 0 amide bonds. The summed E-state index contributed by atoms with van der Waals surface area (Å²) in [5.41, 5.74) is 5.16. The molecule has 3 N–H and O–H groups in total. The van der Waals surface area contributed by atoms with Gasteiger partial charge in [0, 0.05) is 52.3 Å². The predicted molar refractivity (Wildman–Crippen MR) is 189 cm³/mol. The minimum absolute atomic E-state index is 0.351. The molecule has 0 fully saturated rings. The summed E-state index contributed by atoms with van der Waals surface area (Å²) in [5, 5.41) is 12.1. The number of ether oxygens (including phenoxy) is 2. The zero-order valence-corrected chi connectivity index (χ0v) is 26.6. The third-order valence-corrected chi connectivity index (χ3v) is 7.27. The van der Waals surface area contributed by atoms with Gasteiger partial charge >= 0.3 is 5.97 Å². The zero-order valence-electron chi connectivity index (χ0n) is 25.8. The lowest BCUT2D eigenvalue weighted by Gasteiger charge is -2.14. The van der Waals surface area contributed by atoms with Crippen molar-refractivity contribution in [3.63, 3.8) is 0 Å². The second-order valence-corrected chi connectivity index (χ2v) is 11.0. The molecular weight excluding hydrogens is 598 g/mol. The number of guanidine groups is 1. The number of aliphatic imine (C=N–C) groups is 1. The van der Waals surface area contributed by atoms with Crippen molar-refractivity contribution in [2.24, 2.45) is 4.99 Å². The van der Waals surface area contributed by atoms with Crippen LogP contribution in [0.15, 0.2) is 120 Å². The third-order valence-electron chi connectivity index (χ3n) is 7.03. The van der Waals surface area contributed by atoms with E-state index in [1.165, 1.54) is 7.11 Å². The van der Waals surface area contributed by atoms with Crippen molar-refractivity contribution in [3.05, 3.63) is 125 Å². The fourth-order valence-electron chi connectivity index (χ4n) is 4.68. The van der Waals surface area contributed by atoms with Gasteiger partial charge in [0.25, 0.3) is 0 Å². The standard InChI is InChI=1S/C37H36ClN5O3/c1-26(36(44)45-2)24-27-10-15-31(16-11-27)46-32-17-13-30(14-18-32)43-37(42-29-8-4-3-5-9-29)41-22-7-6-21-39-34-20-23-40-35-25-28(38)12-19-33(34)35/h3-5,8-20,23-25H,6-7,21-22H2,1-2H3,(H,39,40)(H2,41,42,43)/b26-24+. The maximum atomic E-state index is 11.6. The minimum atomic E-state index is -0.351. The van der Waals surface area contributed by atoms with E-state index in [0.717, 1.165) is 52.9 Å². The second kappa shape index (κ2) is 16.1. The maximum Gasteiger partial charge on any atom is 0.333 e. The maximum absolute atomic E-state index is 11.6. The zero-order chi connectivity index (χ0) is 32.1. The summed E-state index contributed by atoms with van der Waals surface area (Å²) in [6.45, 7) is 3.20. The van der Waals surface area contributed by atoms with E-state index in [9.17, 15) is 4.79 Å². The van der Waals surface area contributed by atoms with Crippen LogP contribution in [0, 0.1) is 0 Å². The summed E-state index contributed by atoms with van der Waals surface area (Å²) in [6, 6.07) is 32.9. The molecule has 234 valence electrons. The molecule has 46 heavy (non-hydrogen) atoms. The number of benzene rings is 4. The van der Waals surface area contributed by atoms with E-state index in [4.69, 9.17) is 26.1 Å². The smallest absolute Gasteiger partial charge is 0.333 e. The number of hydrogen-bond acceptors (Lipinski definition) is 6. The average Bonchev–Trinajstić information content (AvgIpc) is 3.08. The largest absolute Gasteiger partial charge is 0.466 e. The quantitative estimate of drug-likeness (QED) is 0.0415. The van der Waals surface area contributed by atoms with Gasteiger partial charge in [0.1, 0.15) is 11.5 Å². The number of unbranched alkanes of at least 4 members (excludes halogenated alkanes) is 1. The van der Waals surface area contributed by atoms with Gasteiger partial charge in [0.05, 0.1) is 12.6 Å². The number of methoxy groups -OCH3 is 1. The van der Waals surface area contributed by atoms with E-state index in [2.05, 4.69) is 20.9 Å². The van der Waals surface area contributed by atoms with E-state index in [1.54, 1.807) is 19.2 Å². The molecule has 0 radical (unpaired) electrons. The number of carbonyl (C=O) groups excluding carboxylic acids is 1. The molecule has 0 aliphatic carbocycles. The van der Waals surface area contributed by atoms with Crippen molar-refractivity contribution in [1.82, 2.24) is 4.98 Å². The van der Waals surface area contributed by atoms with E-state index in [1.807, 2.05) is 103 Å². The highest BCUT2D eigenvalue weighted by Gasteiger charge is 2.06. The van der Waals surface area contributed by atoms with Crippen LogP contribution >= 0.6 is 11.6 Å². The summed E-state index contributed by atoms with van der Waals surface area (Å²) < 4.78 is 10.8. The number of pyridine rings is 1. The summed E-state index contributed by atoms with van der Waals surface area (Å²) >= 11 is 6.12. The second-order valence-electron chi connectivity index (χ2n) is 10.5. The molecular formula is C37H36ClN5O3. The van der Waals surface area contributed by atoms with Gasteiger partial charge in [-0.2, -0.15) is 0 Å². The van der Waals surface area contributed by atoms with Gasteiger partial charge in [-0.1, -0.05) is 41.9 Å². The van der Waals surface area contributed by atoms with Gasteiger partial charge in [-0.25, -0.2) is 4.79 Å². The fourth-order valence-corrected chi connectivity index (χ4v) is 4.84. The lowest BCUT2D eigenvalue weighted by atomic mass is 10.1. The Labute approximate surface area is 274 Å². The van der Waals surface area contributed by atoms with Gasteiger partial charge < -0.3 is 25.4 Å². The van der Waals surface area contributed by atoms with Crippen molar-refractivity contribution in [2.75, 3.05) is 36.1 Å². The molecule has 0 saturated carbocycles. The number of hydrogen-bond donors (Lipinski definition) is 3. The van der Waals surface area contributed by atoms with Crippen LogP contribution in [0.25, 0.3) is 17.0 Å². The number of nitrogens with zero attached hydrogens (tertiary/aromatic N) is 2. The first kappa shape index (κ1) is 32.1. The van der Waals surface area contributed by atoms with Gasteiger partial charge in [0.2, 0.25) is 0 Å². The van der Waals surface area contributed by atoms with Crippen LogP contribution in [-0.4, -0.2) is 37.1 Å². The Bertz CT molecular complexity index is 1810.